The molecular formula is C24H30N4O3. The van der Waals surface area contributed by atoms with Crippen LogP contribution in [0.25, 0.3) is 0 Å². The van der Waals surface area contributed by atoms with Crippen molar-refractivity contribution in [1.82, 2.24) is 15.2 Å². The van der Waals surface area contributed by atoms with Gasteiger partial charge in [-0.15, -0.1) is 0 Å². The summed E-state index contributed by atoms with van der Waals surface area (Å²) in [5.41, 5.74) is 2.87. The van der Waals surface area contributed by atoms with Gasteiger partial charge in [0.1, 0.15) is 5.75 Å². The molecule has 7 heteroatoms. The Morgan fingerprint density at radius 3 is 2.48 bits per heavy atom. The lowest BCUT2D eigenvalue weighted by Crippen LogP contribution is -2.41. The number of ether oxygens (including phenoxy) is 1. The summed E-state index contributed by atoms with van der Waals surface area (Å²) in [6.07, 6.45) is 1.51. The molecule has 31 heavy (non-hydrogen) atoms. The first kappa shape index (κ1) is 22.5. The Labute approximate surface area is 183 Å². The third-order valence-corrected chi connectivity index (χ3v) is 5.16. The SMILES string of the molecule is CCCNC(=O)CN(C)CC(=O)N1N=C(c2ccccc2)CC1c1ccc(OC)cc1. The van der Waals surface area contributed by atoms with Gasteiger partial charge in [0.05, 0.1) is 32.0 Å². The second kappa shape index (κ2) is 10.7. The highest BCUT2D eigenvalue weighted by molar-refractivity contribution is 6.03. The first-order chi connectivity index (χ1) is 15.0. The van der Waals surface area contributed by atoms with Crippen LogP contribution in [-0.2, 0) is 9.59 Å². The van der Waals surface area contributed by atoms with Crippen LogP contribution in [-0.4, -0.2) is 61.2 Å². The maximum atomic E-state index is 13.2. The molecule has 1 atom stereocenters. The standard InChI is InChI=1S/C24H30N4O3/c1-4-14-25-23(29)16-27(2)17-24(30)28-22(19-10-12-20(31-3)13-11-19)15-21(26-28)18-8-6-5-7-9-18/h5-13,22H,4,14-17H2,1-3H3,(H,25,29). The van der Waals surface area contributed by atoms with Gasteiger partial charge in [-0.25, -0.2) is 5.01 Å². The van der Waals surface area contributed by atoms with Crippen LogP contribution in [0, 0.1) is 0 Å². The zero-order valence-electron chi connectivity index (χ0n) is 18.4. The molecule has 0 saturated carbocycles. The van der Waals surface area contributed by atoms with Crippen LogP contribution >= 0.6 is 0 Å². The van der Waals surface area contributed by atoms with Gasteiger partial charge in [0, 0.05) is 13.0 Å². The number of likely N-dealkylation sites (N-methyl/N-ethyl adjacent to an activating group) is 1. The number of hydrogen-bond donors (Lipinski definition) is 1. The Hall–Kier alpha value is -3.19. The molecule has 0 aromatic heterocycles. The van der Waals surface area contributed by atoms with Gasteiger partial charge < -0.3 is 10.1 Å². The van der Waals surface area contributed by atoms with Gasteiger partial charge in [0.15, 0.2) is 0 Å². The number of amides is 2. The number of carbonyl (C=O) groups is 2. The summed E-state index contributed by atoms with van der Waals surface area (Å²) in [6.45, 7) is 2.92. The number of nitrogens with one attached hydrogen (secondary N) is 1. The Morgan fingerprint density at radius 2 is 1.84 bits per heavy atom. The Kier molecular flexibility index (Phi) is 7.78. The van der Waals surface area contributed by atoms with E-state index in [4.69, 9.17) is 4.74 Å². The summed E-state index contributed by atoms with van der Waals surface area (Å²) in [7, 11) is 3.40. The molecule has 2 aromatic carbocycles. The minimum atomic E-state index is -0.198. The quantitative estimate of drug-likeness (QED) is 0.674. The van der Waals surface area contributed by atoms with Gasteiger partial charge in [-0.3, -0.25) is 14.5 Å². The number of nitrogens with zero attached hydrogens (tertiary/aromatic N) is 3. The number of benzene rings is 2. The summed E-state index contributed by atoms with van der Waals surface area (Å²) in [6, 6.07) is 17.4. The van der Waals surface area contributed by atoms with Crippen LogP contribution < -0.4 is 10.1 Å². The van der Waals surface area contributed by atoms with E-state index >= 15 is 0 Å². The summed E-state index contributed by atoms with van der Waals surface area (Å²) >= 11 is 0. The van der Waals surface area contributed by atoms with Gasteiger partial charge in [0.2, 0.25) is 5.91 Å². The second-order valence-electron chi connectivity index (χ2n) is 7.67. The molecule has 0 saturated heterocycles. The van der Waals surface area contributed by atoms with Crippen LogP contribution in [0.1, 0.15) is 36.9 Å². The van der Waals surface area contributed by atoms with E-state index in [1.807, 2.05) is 61.5 Å². The van der Waals surface area contributed by atoms with Crippen molar-refractivity contribution in [2.75, 3.05) is 33.8 Å². The highest BCUT2D eigenvalue weighted by Crippen LogP contribution is 2.33. The molecule has 0 bridgehead atoms. The molecule has 1 aliphatic heterocycles. The van der Waals surface area contributed by atoms with Crippen molar-refractivity contribution in [1.29, 1.82) is 0 Å². The predicted octanol–water partition coefficient (Wildman–Crippen LogP) is 2.83. The van der Waals surface area contributed by atoms with Crippen LogP contribution in [0.5, 0.6) is 5.75 Å². The van der Waals surface area contributed by atoms with E-state index in [1.54, 1.807) is 24.1 Å². The molecule has 2 aromatic rings. The molecule has 1 unspecified atom stereocenters. The van der Waals surface area contributed by atoms with Crippen molar-refractivity contribution in [3.8, 4) is 5.75 Å². The normalized spacial score (nSPS) is 15.7. The molecule has 1 N–H and O–H groups in total. The molecule has 3 rings (SSSR count). The maximum Gasteiger partial charge on any atom is 0.257 e. The van der Waals surface area contributed by atoms with E-state index in [1.165, 1.54) is 0 Å². The third kappa shape index (κ3) is 5.92. The number of methoxy groups -OCH3 is 1. The highest BCUT2D eigenvalue weighted by atomic mass is 16.5. The predicted molar refractivity (Wildman–Crippen MR) is 121 cm³/mol. The second-order valence-corrected chi connectivity index (χ2v) is 7.67. The number of hydrazone groups is 1. The smallest absolute Gasteiger partial charge is 0.257 e. The topological polar surface area (TPSA) is 74.2 Å². The fourth-order valence-electron chi connectivity index (χ4n) is 3.56. The minimum Gasteiger partial charge on any atom is -0.497 e. The fourth-order valence-corrected chi connectivity index (χ4v) is 3.56. The maximum absolute atomic E-state index is 13.2. The molecule has 164 valence electrons. The molecule has 0 radical (unpaired) electrons. The number of rotatable bonds is 9. The number of hydrogen-bond acceptors (Lipinski definition) is 5. The molecule has 0 spiro atoms. The van der Waals surface area contributed by atoms with E-state index in [2.05, 4.69) is 10.4 Å². The average Bonchev–Trinajstić information content (AvgIpc) is 3.24. The van der Waals surface area contributed by atoms with Crippen LogP contribution in [0.3, 0.4) is 0 Å². The van der Waals surface area contributed by atoms with Crippen LogP contribution in [0.15, 0.2) is 59.7 Å². The zero-order valence-corrected chi connectivity index (χ0v) is 18.4. The van der Waals surface area contributed by atoms with Gasteiger partial charge in [-0.1, -0.05) is 49.4 Å². The highest BCUT2D eigenvalue weighted by Gasteiger charge is 2.33. The molecular weight excluding hydrogens is 392 g/mol. The Morgan fingerprint density at radius 1 is 1.13 bits per heavy atom. The summed E-state index contributed by atoms with van der Waals surface area (Å²) < 4.78 is 5.26. The van der Waals surface area contributed by atoms with E-state index < -0.39 is 0 Å². The minimum absolute atomic E-state index is 0.0845. The van der Waals surface area contributed by atoms with Crippen molar-refractivity contribution in [3.63, 3.8) is 0 Å². The van der Waals surface area contributed by atoms with Crippen molar-refractivity contribution in [3.05, 3.63) is 65.7 Å². The van der Waals surface area contributed by atoms with Gasteiger partial charge in [-0.2, -0.15) is 5.10 Å². The van der Waals surface area contributed by atoms with Crippen molar-refractivity contribution in [2.24, 2.45) is 5.10 Å². The largest absolute Gasteiger partial charge is 0.497 e. The molecule has 0 aliphatic carbocycles. The zero-order chi connectivity index (χ0) is 22.2. The van der Waals surface area contributed by atoms with Gasteiger partial charge in [-0.05, 0) is 36.7 Å². The van der Waals surface area contributed by atoms with E-state index in [0.29, 0.717) is 13.0 Å². The summed E-state index contributed by atoms with van der Waals surface area (Å²) in [5.74, 6) is 0.540. The lowest BCUT2D eigenvalue weighted by molar-refractivity contribution is -0.134. The van der Waals surface area contributed by atoms with Crippen molar-refractivity contribution in [2.45, 2.75) is 25.8 Å². The van der Waals surface area contributed by atoms with Crippen LogP contribution in [0.2, 0.25) is 0 Å². The first-order valence-electron chi connectivity index (χ1n) is 10.6. The molecule has 1 aliphatic rings. The van der Waals surface area contributed by atoms with E-state index in [0.717, 1.165) is 29.0 Å². The Balaban J connectivity index is 1.77. The molecule has 1 heterocycles. The van der Waals surface area contributed by atoms with Crippen molar-refractivity contribution < 1.29 is 14.3 Å². The fraction of sp³-hybridized carbons (Fsp3) is 0.375. The average molecular weight is 423 g/mol. The number of carbonyl (C=O) groups excluding carboxylic acids is 2. The van der Waals surface area contributed by atoms with E-state index in [9.17, 15) is 9.59 Å². The Bertz CT molecular complexity index is 912. The van der Waals surface area contributed by atoms with Gasteiger partial charge in [0.25, 0.3) is 5.91 Å². The summed E-state index contributed by atoms with van der Waals surface area (Å²) in [4.78, 5) is 26.9. The molecule has 2 amide bonds. The first-order valence-corrected chi connectivity index (χ1v) is 10.6. The van der Waals surface area contributed by atoms with Crippen molar-refractivity contribution >= 4 is 17.5 Å². The monoisotopic (exact) mass is 422 g/mol. The van der Waals surface area contributed by atoms with Crippen LogP contribution in [0.4, 0.5) is 0 Å². The van der Waals surface area contributed by atoms with Gasteiger partial charge >= 0.3 is 0 Å². The van der Waals surface area contributed by atoms with E-state index in [-0.39, 0.29) is 30.9 Å². The third-order valence-electron chi connectivity index (χ3n) is 5.16. The lowest BCUT2D eigenvalue weighted by Gasteiger charge is -2.24. The lowest BCUT2D eigenvalue weighted by atomic mass is 9.98. The molecule has 0 fully saturated rings. The summed E-state index contributed by atoms with van der Waals surface area (Å²) in [5, 5.41) is 9.08. The molecule has 7 nitrogen and oxygen atoms in total.